The Labute approximate surface area is 142 Å². The summed E-state index contributed by atoms with van der Waals surface area (Å²) < 4.78 is 0. The van der Waals surface area contributed by atoms with Gasteiger partial charge in [0, 0.05) is 18.5 Å². The van der Waals surface area contributed by atoms with Gasteiger partial charge in [0.15, 0.2) is 10.8 Å². The molecule has 2 aliphatic rings. The van der Waals surface area contributed by atoms with E-state index >= 15 is 0 Å². The number of aromatic nitrogens is 1. The average Bonchev–Trinajstić information content (AvgIpc) is 3.33. The molecule has 2 aliphatic heterocycles. The molecule has 1 aromatic heterocycles. The highest BCUT2D eigenvalue weighted by atomic mass is 32.1. The van der Waals surface area contributed by atoms with Crippen LogP contribution in [-0.2, 0) is 5.66 Å². The fraction of sp³-hybridized carbons (Fsp3) is 0.444. The molecule has 1 aromatic carbocycles. The highest BCUT2D eigenvalue weighted by Gasteiger charge is 2.53. The number of pyridine rings is 1. The predicted molar refractivity (Wildman–Crippen MR) is 96.7 cm³/mol. The van der Waals surface area contributed by atoms with E-state index in [4.69, 9.17) is 17.2 Å². The maximum absolute atomic E-state index is 5.73. The van der Waals surface area contributed by atoms with E-state index in [1.807, 2.05) is 12.1 Å². The Kier molecular flexibility index (Phi) is 3.70. The molecule has 4 rings (SSSR count). The molecular formula is C18H22N4S. The van der Waals surface area contributed by atoms with Gasteiger partial charge in [0.05, 0.1) is 11.2 Å². The third kappa shape index (κ3) is 2.68. The summed E-state index contributed by atoms with van der Waals surface area (Å²) in [6, 6.07) is 12.5. The molecule has 1 unspecified atom stereocenters. The molecule has 3 heterocycles. The van der Waals surface area contributed by atoms with E-state index < -0.39 is 0 Å². The van der Waals surface area contributed by atoms with Crippen molar-refractivity contribution in [3.05, 3.63) is 42.1 Å². The average molecular weight is 326 g/mol. The summed E-state index contributed by atoms with van der Waals surface area (Å²) >= 11 is 5.73. The third-order valence-electron chi connectivity index (χ3n) is 4.89. The zero-order chi connectivity index (χ0) is 15.9. The van der Waals surface area contributed by atoms with Crippen LogP contribution in [0.5, 0.6) is 0 Å². The van der Waals surface area contributed by atoms with Crippen LogP contribution >= 0.6 is 12.2 Å². The van der Waals surface area contributed by atoms with E-state index in [2.05, 4.69) is 46.5 Å². The number of thiocarbonyl (C=S) groups is 1. The van der Waals surface area contributed by atoms with Crippen LogP contribution in [0.15, 0.2) is 36.4 Å². The van der Waals surface area contributed by atoms with Crippen molar-refractivity contribution >= 4 is 28.2 Å². The number of hydrogen-bond donors (Lipinski definition) is 1. The van der Waals surface area contributed by atoms with Gasteiger partial charge in [-0.05, 0) is 44.1 Å². The van der Waals surface area contributed by atoms with Crippen molar-refractivity contribution in [1.29, 1.82) is 0 Å². The van der Waals surface area contributed by atoms with E-state index in [-0.39, 0.29) is 5.66 Å². The first kappa shape index (κ1) is 14.8. The molecular weight excluding hydrogens is 304 g/mol. The number of para-hydroxylation sites is 1. The maximum atomic E-state index is 5.73. The minimum Gasteiger partial charge on any atom is -0.348 e. The number of nitrogens with zero attached hydrogens (tertiary/aromatic N) is 3. The van der Waals surface area contributed by atoms with E-state index in [0.717, 1.165) is 29.4 Å². The summed E-state index contributed by atoms with van der Waals surface area (Å²) in [5.41, 5.74) is 5.20. The Morgan fingerprint density at radius 1 is 1.09 bits per heavy atom. The molecule has 1 atom stereocenters. The van der Waals surface area contributed by atoms with Crippen LogP contribution in [0.4, 0.5) is 0 Å². The molecule has 23 heavy (non-hydrogen) atoms. The zero-order valence-electron chi connectivity index (χ0n) is 13.5. The van der Waals surface area contributed by atoms with Crippen LogP contribution in [0.2, 0.25) is 0 Å². The van der Waals surface area contributed by atoms with Crippen LogP contribution < -0.4 is 5.43 Å². The molecule has 0 amide bonds. The van der Waals surface area contributed by atoms with Crippen molar-refractivity contribution in [3.63, 3.8) is 0 Å². The fourth-order valence-electron chi connectivity index (χ4n) is 3.34. The first-order valence-electron chi connectivity index (χ1n) is 8.42. The predicted octanol–water partition coefficient (Wildman–Crippen LogP) is 3.39. The summed E-state index contributed by atoms with van der Waals surface area (Å²) in [6.07, 6.45) is 5.10. The first-order valence-corrected chi connectivity index (χ1v) is 8.82. The quantitative estimate of drug-likeness (QED) is 0.642. The molecule has 1 N–H and O–H groups in total. The van der Waals surface area contributed by atoms with Gasteiger partial charge in [-0.1, -0.05) is 37.1 Å². The summed E-state index contributed by atoms with van der Waals surface area (Å²) in [7, 11) is 0. The van der Waals surface area contributed by atoms with Gasteiger partial charge in [-0.25, -0.2) is 4.98 Å². The lowest BCUT2D eigenvalue weighted by atomic mass is 10.1. The summed E-state index contributed by atoms with van der Waals surface area (Å²) in [4.78, 5) is 7.16. The minimum absolute atomic E-state index is 0.284. The van der Waals surface area contributed by atoms with E-state index in [0.29, 0.717) is 0 Å². The second kappa shape index (κ2) is 5.73. The van der Waals surface area contributed by atoms with Gasteiger partial charge < -0.3 is 4.90 Å². The van der Waals surface area contributed by atoms with Gasteiger partial charge in [0.1, 0.15) is 0 Å². The normalized spacial score (nSPS) is 24.6. The van der Waals surface area contributed by atoms with Crippen molar-refractivity contribution in [2.45, 2.75) is 38.3 Å². The second-order valence-electron chi connectivity index (χ2n) is 6.59. The van der Waals surface area contributed by atoms with Crippen LogP contribution in [0, 0.1) is 0 Å². The van der Waals surface area contributed by atoms with Gasteiger partial charge in [0.25, 0.3) is 0 Å². The van der Waals surface area contributed by atoms with Crippen molar-refractivity contribution in [2.24, 2.45) is 0 Å². The number of hydrazine groups is 1. The van der Waals surface area contributed by atoms with Gasteiger partial charge in [0.2, 0.25) is 0 Å². The molecule has 120 valence electrons. The zero-order valence-corrected chi connectivity index (χ0v) is 14.3. The Bertz CT molecular complexity index is 739. The maximum Gasteiger partial charge on any atom is 0.188 e. The molecule has 2 saturated heterocycles. The van der Waals surface area contributed by atoms with Gasteiger partial charge in [-0.15, -0.1) is 0 Å². The van der Waals surface area contributed by atoms with Gasteiger partial charge >= 0.3 is 0 Å². The van der Waals surface area contributed by atoms with E-state index in [9.17, 15) is 0 Å². The van der Waals surface area contributed by atoms with Crippen molar-refractivity contribution in [2.75, 3.05) is 13.1 Å². The summed E-state index contributed by atoms with van der Waals surface area (Å²) in [6.45, 7) is 4.28. The number of likely N-dealkylation sites (tertiary alicyclic amines) is 1. The number of benzene rings is 1. The second-order valence-corrected chi connectivity index (χ2v) is 6.96. The third-order valence-corrected chi connectivity index (χ3v) is 5.33. The molecule has 5 heteroatoms. The lowest BCUT2D eigenvalue weighted by molar-refractivity contribution is 0.392. The summed E-state index contributed by atoms with van der Waals surface area (Å²) in [5.74, 6) is 0. The highest BCUT2D eigenvalue weighted by molar-refractivity contribution is 7.80. The Morgan fingerprint density at radius 2 is 1.83 bits per heavy atom. The first-order chi connectivity index (χ1) is 11.2. The van der Waals surface area contributed by atoms with Crippen molar-refractivity contribution < 1.29 is 0 Å². The molecule has 0 saturated carbocycles. The number of rotatable bonds is 1. The Balaban J connectivity index is 1.55. The molecule has 2 aromatic rings. The van der Waals surface area contributed by atoms with Crippen molar-refractivity contribution in [1.82, 2.24) is 20.3 Å². The largest absolute Gasteiger partial charge is 0.348 e. The smallest absolute Gasteiger partial charge is 0.188 e. The molecule has 4 nitrogen and oxygen atoms in total. The van der Waals surface area contributed by atoms with Crippen LogP contribution in [0.1, 0.15) is 38.3 Å². The lowest BCUT2D eigenvalue weighted by Crippen LogP contribution is -2.37. The minimum atomic E-state index is -0.284. The van der Waals surface area contributed by atoms with E-state index in [1.165, 1.54) is 31.1 Å². The number of nitrogens with one attached hydrogen (secondary N) is 1. The molecule has 0 spiro atoms. The fourth-order valence-corrected chi connectivity index (χ4v) is 3.75. The SMILES string of the molecule is CC1(c2ccc3ccccc3n2)NN1C(=S)N1CCCCCC1. The van der Waals surface area contributed by atoms with Crippen LogP contribution in [0.25, 0.3) is 10.9 Å². The summed E-state index contributed by atoms with van der Waals surface area (Å²) in [5, 5.41) is 4.16. The molecule has 0 bridgehead atoms. The van der Waals surface area contributed by atoms with Crippen LogP contribution in [0.3, 0.4) is 0 Å². The topological polar surface area (TPSA) is 41.1 Å². The highest BCUT2D eigenvalue weighted by Crippen LogP contribution is 2.36. The Morgan fingerprint density at radius 3 is 2.61 bits per heavy atom. The van der Waals surface area contributed by atoms with Gasteiger partial charge in [-0.2, -0.15) is 5.43 Å². The molecule has 2 fully saturated rings. The Hall–Kier alpha value is -1.72. The van der Waals surface area contributed by atoms with Crippen LogP contribution in [-0.4, -0.2) is 33.1 Å². The van der Waals surface area contributed by atoms with E-state index in [1.54, 1.807) is 0 Å². The molecule has 0 radical (unpaired) electrons. The van der Waals surface area contributed by atoms with Crippen molar-refractivity contribution in [3.8, 4) is 0 Å². The monoisotopic (exact) mass is 326 g/mol. The number of fused-ring (bicyclic) bond motifs is 1. The number of hydrogen-bond acceptors (Lipinski definition) is 3. The van der Waals surface area contributed by atoms with Gasteiger partial charge in [-0.3, -0.25) is 5.01 Å². The molecule has 0 aliphatic carbocycles. The standard InChI is InChI=1S/C18H22N4S/c1-18(16-11-10-14-8-4-5-9-15(14)19-16)20-22(18)17(23)21-12-6-2-3-7-13-21/h4-5,8-11,20H,2-3,6-7,12-13H2,1H3. The lowest BCUT2D eigenvalue weighted by Gasteiger charge is -2.24.